The van der Waals surface area contributed by atoms with Gasteiger partial charge in [-0.1, -0.05) is 52.7 Å². The van der Waals surface area contributed by atoms with Crippen molar-refractivity contribution in [3.63, 3.8) is 0 Å². The second kappa shape index (κ2) is 9.73. The Morgan fingerprint density at radius 1 is 1.09 bits per heavy atom. The number of halogens is 3. The van der Waals surface area contributed by atoms with Crippen molar-refractivity contribution in [2.24, 2.45) is 0 Å². The van der Waals surface area contributed by atoms with Crippen molar-refractivity contribution in [1.29, 1.82) is 0 Å². The average Bonchev–Trinajstić information content (AvgIpc) is 3.32. The summed E-state index contributed by atoms with van der Waals surface area (Å²) in [5.41, 5.74) is 3.29. The Labute approximate surface area is 222 Å². The van der Waals surface area contributed by atoms with Gasteiger partial charge < -0.3 is 9.47 Å². The van der Waals surface area contributed by atoms with Crippen molar-refractivity contribution in [2.75, 3.05) is 6.61 Å². The van der Waals surface area contributed by atoms with Gasteiger partial charge in [-0.2, -0.15) is 0 Å². The molecule has 5 nitrogen and oxygen atoms in total. The van der Waals surface area contributed by atoms with Crippen molar-refractivity contribution in [2.45, 2.75) is 13.5 Å². The van der Waals surface area contributed by atoms with Gasteiger partial charge in [0.15, 0.2) is 16.5 Å². The summed E-state index contributed by atoms with van der Waals surface area (Å²) in [6.07, 6.45) is 1.86. The van der Waals surface area contributed by atoms with Gasteiger partial charge in [0.1, 0.15) is 6.61 Å². The van der Waals surface area contributed by atoms with Gasteiger partial charge in [-0.15, -0.1) is 0 Å². The molecule has 34 heavy (non-hydrogen) atoms. The molecule has 0 aliphatic heterocycles. The van der Waals surface area contributed by atoms with Crippen LogP contribution in [0, 0.1) is 3.57 Å². The van der Waals surface area contributed by atoms with Crippen LogP contribution in [0.4, 0.5) is 0 Å². The van der Waals surface area contributed by atoms with Crippen LogP contribution in [0.25, 0.3) is 22.1 Å². The third-order valence-electron chi connectivity index (χ3n) is 5.14. The van der Waals surface area contributed by atoms with Crippen molar-refractivity contribution < 1.29 is 9.47 Å². The van der Waals surface area contributed by atoms with E-state index in [-0.39, 0.29) is 5.56 Å². The van der Waals surface area contributed by atoms with Crippen LogP contribution in [0.5, 0.6) is 11.5 Å². The van der Waals surface area contributed by atoms with Gasteiger partial charge in [0.25, 0.3) is 5.56 Å². The first-order chi connectivity index (χ1) is 16.4. The van der Waals surface area contributed by atoms with E-state index < -0.39 is 0 Å². The lowest BCUT2D eigenvalue weighted by Gasteiger charge is -2.15. The summed E-state index contributed by atoms with van der Waals surface area (Å²) in [7, 11) is 0. The summed E-state index contributed by atoms with van der Waals surface area (Å²) < 4.78 is 15.1. The van der Waals surface area contributed by atoms with E-state index in [9.17, 15) is 4.79 Å². The molecule has 0 amide bonds. The lowest BCUT2D eigenvalue weighted by atomic mass is 10.2. The number of rotatable bonds is 6. The third-order valence-corrected chi connectivity index (χ3v) is 7.65. The van der Waals surface area contributed by atoms with E-state index >= 15 is 0 Å². The Hall–Kier alpha value is -2.33. The molecular formula is C25H17Cl2IN2O3S. The molecule has 0 spiro atoms. The molecule has 0 aliphatic rings. The molecule has 3 aromatic carbocycles. The Morgan fingerprint density at radius 2 is 1.91 bits per heavy atom. The highest BCUT2D eigenvalue weighted by Crippen LogP contribution is 2.35. The fourth-order valence-corrected chi connectivity index (χ4v) is 5.71. The first-order valence-electron chi connectivity index (χ1n) is 10.4. The van der Waals surface area contributed by atoms with Gasteiger partial charge in [0.05, 0.1) is 35.8 Å². The smallest absolute Gasteiger partial charge is 0.274 e. The van der Waals surface area contributed by atoms with E-state index in [1.807, 2.05) is 55.5 Å². The van der Waals surface area contributed by atoms with Crippen LogP contribution in [-0.2, 0) is 6.61 Å². The molecule has 172 valence electrons. The number of para-hydroxylation sites is 2. The van der Waals surface area contributed by atoms with Gasteiger partial charge in [-0.3, -0.25) is 4.79 Å². The van der Waals surface area contributed by atoms with E-state index in [1.165, 1.54) is 11.3 Å². The quantitative estimate of drug-likeness (QED) is 0.207. The predicted molar refractivity (Wildman–Crippen MR) is 147 cm³/mol. The summed E-state index contributed by atoms with van der Waals surface area (Å²) in [6.45, 7) is 2.71. The fraction of sp³-hybridized carbons (Fsp3) is 0.120. The lowest BCUT2D eigenvalue weighted by molar-refractivity contribution is 0.267. The highest BCUT2D eigenvalue weighted by Gasteiger charge is 2.14. The molecule has 0 radical (unpaired) electrons. The number of fused-ring (bicyclic) bond motifs is 3. The third kappa shape index (κ3) is 4.49. The van der Waals surface area contributed by atoms with Crippen LogP contribution in [0.3, 0.4) is 0 Å². The first-order valence-corrected chi connectivity index (χ1v) is 13.0. The van der Waals surface area contributed by atoms with Crippen molar-refractivity contribution >= 4 is 79.2 Å². The number of thiazole rings is 1. The normalized spacial score (nSPS) is 12.1. The molecule has 0 unspecified atom stereocenters. The minimum Gasteiger partial charge on any atom is -0.490 e. The maximum absolute atomic E-state index is 13.1. The van der Waals surface area contributed by atoms with Gasteiger partial charge in [-0.05, 0) is 83.1 Å². The van der Waals surface area contributed by atoms with E-state index in [2.05, 4.69) is 27.6 Å². The number of ether oxygens (including phenoxy) is 2. The van der Waals surface area contributed by atoms with Crippen molar-refractivity contribution in [3.05, 3.63) is 94.2 Å². The molecule has 0 bridgehead atoms. The Morgan fingerprint density at radius 3 is 2.71 bits per heavy atom. The van der Waals surface area contributed by atoms with Gasteiger partial charge in [0.2, 0.25) is 0 Å². The fourth-order valence-electron chi connectivity index (χ4n) is 3.62. The minimum atomic E-state index is -0.0818. The molecule has 0 aliphatic carbocycles. The number of hydrogen-bond acceptors (Lipinski definition) is 5. The molecule has 0 saturated heterocycles. The van der Waals surface area contributed by atoms with Crippen molar-refractivity contribution in [3.8, 4) is 11.5 Å². The van der Waals surface area contributed by atoms with E-state index in [4.69, 9.17) is 32.7 Å². The summed E-state index contributed by atoms with van der Waals surface area (Å²) >= 11 is 15.7. The predicted octanol–water partition coefficient (Wildman–Crippen LogP) is 6.35. The standard InChI is InChI=1S/C25H17Cl2IN2O3S/c1-2-32-21-11-15(10-18(28)23(21)33-13-14-7-8-16(26)17(27)9-14)12-22-24(31)30-20-6-4-3-5-19(20)29-25(30)34-22/h3-12H,2,13H2,1H3/b22-12-. The monoisotopic (exact) mass is 622 g/mol. The number of benzene rings is 3. The molecule has 5 aromatic rings. The minimum absolute atomic E-state index is 0.0818. The van der Waals surface area contributed by atoms with E-state index in [0.29, 0.717) is 44.3 Å². The second-order valence-electron chi connectivity index (χ2n) is 7.43. The summed E-state index contributed by atoms with van der Waals surface area (Å²) in [5, 5.41) is 0.984. The molecule has 0 saturated carbocycles. The summed E-state index contributed by atoms with van der Waals surface area (Å²) in [5.74, 6) is 1.25. The molecule has 9 heteroatoms. The van der Waals surface area contributed by atoms with Crippen LogP contribution in [-0.4, -0.2) is 16.0 Å². The highest BCUT2D eigenvalue weighted by molar-refractivity contribution is 14.1. The first kappa shape index (κ1) is 23.4. The van der Waals surface area contributed by atoms with Crippen LogP contribution in [0.1, 0.15) is 18.1 Å². The topological polar surface area (TPSA) is 52.8 Å². The SMILES string of the molecule is CCOc1cc(/C=c2\sc3nc4ccccc4n3c2=O)cc(I)c1OCc1ccc(Cl)c(Cl)c1. The zero-order valence-corrected chi connectivity index (χ0v) is 22.3. The molecule has 0 atom stereocenters. The molecule has 0 N–H and O–H groups in total. The number of nitrogens with zero attached hydrogens (tertiary/aromatic N) is 2. The maximum Gasteiger partial charge on any atom is 0.274 e. The maximum atomic E-state index is 13.1. The average molecular weight is 623 g/mol. The van der Waals surface area contributed by atoms with Crippen molar-refractivity contribution in [1.82, 2.24) is 9.38 Å². The van der Waals surface area contributed by atoms with Crippen LogP contribution in [0.2, 0.25) is 10.0 Å². The molecule has 0 fully saturated rings. The number of aromatic nitrogens is 2. The van der Waals surface area contributed by atoms with Gasteiger partial charge in [-0.25, -0.2) is 9.38 Å². The Bertz CT molecular complexity index is 1650. The molecule has 2 aromatic heterocycles. The summed E-state index contributed by atoms with van der Waals surface area (Å²) in [4.78, 5) is 18.4. The van der Waals surface area contributed by atoms with Gasteiger partial charge >= 0.3 is 0 Å². The zero-order chi connectivity index (χ0) is 23.8. The zero-order valence-electron chi connectivity index (χ0n) is 17.8. The van der Waals surface area contributed by atoms with E-state index in [0.717, 1.165) is 25.7 Å². The molecule has 2 heterocycles. The second-order valence-corrected chi connectivity index (χ2v) is 10.4. The Balaban J connectivity index is 1.51. The summed E-state index contributed by atoms with van der Waals surface area (Å²) in [6, 6.07) is 16.9. The van der Waals surface area contributed by atoms with Crippen LogP contribution >= 0.6 is 57.1 Å². The number of imidazole rings is 1. The van der Waals surface area contributed by atoms with Crippen LogP contribution in [0.15, 0.2) is 59.4 Å². The van der Waals surface area contributed by atoms with E-state index in [1.54, 1.807) is 16.5 Å². The number of hydrogen-bond donors (Lipinski definition) is 0. The largest absolute Gasteiger partial charge is 0.490 e. The van der Waals surface area contributed by atoms with Crippen LogP contribution < -0.4 is 19.6 Å². The highest BCUT2D eigenvalue weighted by atomic mass is 127. The van der Waals surface area contributed by atoms with Gasteiger partial charge in [0, 0.05) is 0 Å². The Kier molecular flexibility index (Phi) is 6.70. The lowest BCUT2D eigenvalue weighted by Crippen LogP contribution is -2.22. The molecular weight excluding hydrogens is 606 g/mol. The molecule has 5 rings (SSSR count).